The minimum atomic E-state index is -0.312. The number of carbonyl (C=O) groups is 1. The summed E-state index contributed by atoms with van der Waals surface area (Å²) in [5.41, 5.74) is 6.05. The Labute approximate surface area is 102 Å². The fourth-order valence-electron chi connectivity index (χ4n) is 0.996. The van der Waals surface area contributed by atoms with Gasteiger partial charge in [-0.1, -0.05) is 18.5 Å². The van der Waals surface area contributed by atoms with Crippen LogP contribution in [0.25, 0.3) is 0 Å². The zero-order valence-corrected chi connectivity index (χ0v) is 10.6. The Morgan fingerprint density at radius 1 is 1.67 bits per heavy atom. The maximum absolute atomic E-state index is 10.8. The molecule has 0 bridgehead atoms. The van der Waals surface area contributed by atoms with Gasteiger partial charge < -0.3 is 11.1 Å². The summed E-state index contributed by atoms with van der Waals surface area (Å²) in [4.78, 5) is 10.8. The summed E-state index contributed by atoms with van der Waals surface area (Å²) in [6.07, 6.45) is 0. The predicted molar refractivity (Wildman–Crippen MR) is 66.0 cm³/mol. The highest BCUT2D eigenvalue weighted by Crippen LogP contribution is 2.25. The van der Waals surface area contributed by atoms with E-state index >= 15 is 0 Å². The molecule has 0 fully saturated rings. The van der Waals surface area contributed by atoms with E-state index in [2.05, 4.69) is 21.2 Å². The van der Waals surface area contributed by atoms with Crippen LogP contribution in [0.4, 0.5) is 5.69 Å². The number of amides is 1. The molecule has 1 rings (SSSR count). The lowest BCUT2D eigenvalue weighted by atomic mass is 10.1. The lowest BCUT2D eigenvalue weighted by Crippen LogP contribution is -2.26. The maximum Gasteiger partial charge on any atom is 0.222 e. The molecule has 5 heteroatoms. The lowest BCUT2D eigenvalue weighted by Gasteiger charge is -2.11. The summed E-state index contributed by atoms with van der Waals surface area (Å²) in [6, 6.07) is 5.42. The number of nitrogens with one attached hydrogen (secondary N) is 1. The third-order valence-corrected chi connectivity index (χ3v) is 2.91. The van der Waals surface area contributed by atoms with E-state index in [4.69, 9.17) is 17.3 Å². The molecule has 15 heavy (non-hydrogen) atoms. The smallest absolute Gasteiger partial charge is 0.222 e. The number of hydrogen-bond acceptors (Lipinski definition) is 2. The second-order valence-electron chi connectivity index (χ2n) is 3.31. The van der Waals surface area contributed by atoms with E-state index in [-0.39, 0.29) is 11.8 Å². The van der Waals surface area contributed by atoms with E-state index < -0.39 is 0 Å². The van der Waals surface area contributed by atoms with Crippen molar-refractivity contribution in [3.63, 3.8) is 0 Å². The minimum Gasteiger partial charge on any atom is -0.383 e. The van der Waals surface area contributed by atoms with Crippen molar-refractivity contribution in [2.45, 2.75) is 6.92 Å². The average molecular weight is 292 g/mol. The fraction of sp³-hybridized carbons (Fsp3) is 0.300. The number of benzene rings is 1. The summed E-state index contributed by atoms with van der Waals surface area (Å²) in [6.45, 7) is 2.29. The van der Waals surface area contributed by atoms with Crippen LogP contribution < -0.4 is 11.1 Å². The lowest BCUT2D eigenvalue weighted by molar-refractivity contribution is -0.120. The van der Waals surface area contributed by atoms with Gasteiger partial charge in [0.25, 0.3) is 0 Å². The first kappa shape index (κ1) is 12.3. The number of primary amides is 1. The van der Waals surface area contributed by atoms with Crippen LogP contribution >= 0.6 is 27.5 Å². The summed E-state index contributed by atoms with van der Waals surface area (Å²) < 4.78 is 0.867. The molecule has 1 unspecified atom stereocenters. The molecule has 0 aliphatic rings. The van der Waals surface area contributed by atoms with E-state index in [1.54, 1.807) is 19.1 Å². The Kier molecular flexibility index (Phi) is 4.42. The molecule has 0 saturated heterocycles. The number of carbonyl (C=O) groups excluding carboxylic acids is 1. The van der Waals surface area contributed by atoms with Gasteiger partial charge in [0.2, 0.25) is 5.91 Å². The highest BCUT2D eigenvalue weighted by atomic mass is 79.9. The van der Waals surface area contributed by atoms with E-state index in [1.165, 1.54) is 0 Å². The first-order chi connectivity index (χ1) is 7.00. The van der Waals surface area contributed by atoms with Crippen molar-refractivity contribution in [1.82, 2.24) is 0 Å². The van der Waals surface area contributed by atoms with Gasteiger partial charge in [-0.25, -0.2) is 0 Å². The first-order valence-electron chi connectivity index (χ1n) is 4.49. The van der Waals surface area contributed by atoms with E-state index in [0.29, 0.717) is 11.6 Å². The number of nitrogens with two attached hydrogens (primary N) is 1. The van der Waals surface area contributed by atoms with Gasteiger partial charge in [0.05, 0.1) is 5.92 Å². The van der Waals surface area contributed by atoms with Crippen molar-refractivity contribution >= 4 is 39.1 Å². The zero-order valence-electron chi connectivity index (χ0n) is 8.26. The van der Waals surface area contributed by atoms with Gasteiger partial charge >= 0.3 is 0 Å². The average Bonchev–Trinajstić information content (AvgIpc) is 2.15. The van der Waals surface area contributed by atoms with Gasteiger partial charge in [-0.15, -0.1) is 0 Å². The Balaban J connectivity index is 2.62. The topological polar surface area (TPSA) is 55.1 Å². The van der Waals surface area contributed by atoms with Gasteiger partial charge in [0, 0.05) is 21.7 Å². The van der Waals surface area contributed by atoms with Crippen LogP contribution in [0.3, 0.4) is 0 Å². The number of anilines is 1. The van der Waals surface area contributed by atoms with Crippen molar-refractivity contribution in [3.8, 4) is 0 Å². The molecule has 0 aromatic heterocycles. The largest absolute Gasteiger partial charge is 0.383 e. The summed E-state index contributed by atoms with van der Waals surface area (Å²) in [5.74, 6) is -0.514. The predicted octanol–water partition coefficient (Wildman–Crippen LogP) is 2.64. The summed E-state index contributed by atoms with van der Waals surface area (Å²) in [5, 5.41) is 3.78. The van der Waals surface area contributed by atoms with Crippen molar-refractivity contribution < 1.29 is 4.79 Å². The Morgan fingerprint density at radius 2 is 2.33 bits per heavy atom. The molecule has 3 N–H and O–H groups in total. The number of rotatable bonds is 4. The molecule has 1 atom stereocenters. The second-order valence-corrected chi connectivity index (χ2v) is 4.60. The summed E-state index contributed by atoms with van der Waals surface area (Å²) >= 11 is 9.17. The first-order valence-corrected chi connectivity index (χ1v) is 5.66. The number of halogens is 2. The quantitative estimate of drug-likeness (QED) is 0.896. The molecular formula is C10H12BrClN2O. The monoisotopic (exact) mass is 290 g/mol. The molecular weight excluding hydrogens is 279 g/mol. The van der Waals surface area contributed by atoms with Gasteiger partial charge in [0.15, 0.2) is 0 Å². The van der Waals surface area contributed by atoms with Crippen LogP contribution in [-0.2, 0) is 4.79 Å². The Bertz CT molecular complexity index is 370. The highest BCUT2D eigenvalue weighted by Gasteiger charge is 2.08. The van der Waals surface area contributed by atoms with E-state index in [9.17, 15) is 4.79 Å². The molecule has 1 aromatic rings. The SMILES string of the molecule is CC(CNc1ccc(Cl)cc1Br)C(N)=O. The number of hydrogen-bond donors (Lipinski definition) is 2. The van der Waals surface area contributed by atoms with Crippen molar-refractivity contribution in [3.05, 3.63) is 27.7 Å². The van der Waals surface area contributed by atoms with Crippen molar-refractivity contribution in [2.75, 3.05) is 11.9 Å². The molecule has 0 saturated carbocycles. The minimum absolute atomic E-state index is 0.201. The van der Waals surface area contributed by atoms with Crippen molar-refractivity contribution in [2.24, 2.45) is 11.7 Å². The molecule has 0 heterocycles. The van der Waals surface area contributed by atoms with E-state index in [1.807, 2.05) is 6.07 Å². The van der Waals surface area contributed by atoms with Crippen LogP contribution in [0.5, 0.6) is 0 Å². The molecule has 3 nitrogen and oxygen atoms in total. The van der Waals surface area contributed by atoms with Crippen LogP contribution in [0, 0.1) is 5.92 Å². The molecule has 1 amide bonds. The molecule has 82 valence electrons. The normalized spacial score (nSPS) is 12.2. The van der Waals surface area contributed by atoms with Gasteiger partial charge in [-0.2, -0.15) is 0 Å². The van der Waals surface area contributed by atoms with Crippen LogP contribution in [0.2, 0.25) is 5.02 Å². The summed E-state index contributed by atoms with van der Waals surface area (Å²) in [7, 11) is 0. The van der Waals surface area contributed by atoms with Gasteiger partial charge in [0.1, 0.15) is 0 Å². The van der Waals surface area contributed by atoms with Gasteiger partial charge in [-0.05, 0) is 34.1 Å². The van der Waals surface area contributed by atoms with Crippen LogP contribution in [0.1, 0.15) is 6.92 Å². The van der Waals surface area contributed by atoms with Gasteiger partial charge in [-0.3, -0.25) is 4.79 Å². The maximum atomic E-state index is 10.8. The Morgan fingerprint density at radius 3 is 2.87 bits per heavy atom. The molecule has 0 aliphatic carbocycles. The Hall–Kier alpha value is -0.740. The van der Waals surface area contributed by atoms with Crippen LogP contribution in [-0.4, -0.2) is 12.5 Å². The molecule has 1 aromatic carbocycles. The highest BCUT2D eigenvalue weighted by molar-refractivity contribution is 9.10. The van der Waals surface area contributed by atoms with E-state index in [0.717, 1.165) is 10.2 Å². The molecule has 0 aliphatic heterocycles. The fourth-order valence-corrected chi connectivity index (χ4v) is 1.82. The standard InChI is InChI=1S/C10H12BrClN2O/c1-6(10(13)15)5-14-9-3-2-7(12)4-8(9)11/h2-4,6,14H,5H2,1H3,(H2,13,15). The third kappa shape index (κ3) is 3.72. The van der Waals surface area contributed by atoms with Crippen molar-refractivity contribution in [1.29, 1.82) is 0 Å². The molecule has 0 radical (unpaired) electrons. The van der Waals surface area contributed by atoms with Crippen LogP contribution in [0.15, 0.2) is 22.7 Å². The zero-order chi connectivity index (χ0) is 11.4. The second kappa shape index (κ2) is 5.37. The molecule has 0 spiro atoms. The third-order valence-electron chi connectivity index (χ3n) is 2.02.